The Morgan fingerprint density at radius 1 is 1.19 bits per heavy atom. The molecule has 0 spiro atoms. The Hall–Kier alpha value is -3.22. The largest absolute Gasteiger partial charge is 0.445 e. The fourth-order valence-corrected chi connectivity index (χ4v) is 4.97. The number of carbonyl (C=O) groups is 1. The number of nitrogens with one attached hydrogen (secondary N) is 1. The van der Waals surface area contributed by atoms with E-state index in [0.717, 1.165) is 36.6 Å². The van der Waals surface area contributed by atoms with Crippen LogP contribution in [0, 0.1) is 11.8 Å². The number of fused-ring (bicyclic) bond motifs is 3. The number of benzene rings is 1. The topological polar surface area (TPSA) is 64.2 Å². The lowest BCUT2D eigenvalue weighted by Gasteiger charge is -2.35. The zero-order valence-corrected chi connectivity index (χ0v) is 18.1. The minimum Gasteiger partial charge on any atom is -0.445 e. The summed E-state index contributed by atoms with van der Waals surface area (Å²) in [6, 6.07) is 11.9. The van der Waals surface area contributed by atoms with Crippen LogP contribution in [0.3, 0.4) is 0 Å². The highest BCUT2D eigenvalue weighted by molar-refractivity contribution is 5.85. The van der Waals surface area contributed by atoms with E-state index in [1.807, 2.05) is 47.6 Å². The molecule has 1 N–H and O–H groups in total. The van der Waals surface area contributed by atoms with Crippen molar-refractivity contribution < 1.29 is 9.53 Å². The third-order valence-electron chi connectivity index (χ3n) is 6.65. The standard InChI is InChI=1S/C24H29N5O2/c1-3-18-13-28(24(30)31-16-17-8-6-5-7-9-17)14-19(18)21-15-27(4-2)22-12-26-23-20(29(21)22)10-11-25-23/h5-12,15,18-19,22,25H,3-4,13-14,16H2,1-2H3/t18-,19+,22?/m1/s1. The van der Waals surface area contributed by atoms with Gasteiger partial charge in [0.15, 0.2) is 5.82 Å². The molecule has 1 fully saturated rings. The van der Waals surface area contributed by atoms with Crippen LogP contribution in [-0.2, 0) is 11.3 Å². The van der Waals surface area contributed by atoms with Gasteiger partial charge < -0.3 is 24.4 Å². The quantitative estimate of drug-likeness (QED) is 0.783. The molecule has 5 rings (SSSR count). The van der Waals surface area contributed by atoms with Gasteiger partial charge in [0.2, 0.25) is 0 Å². The van der Waals surface area contributed by atoms with Crippen molar-refractivity contribution in [3.63, 3.8) is 0 Å². The van der Waals surface area contributed by atoms with Crippen molar-refractivity contribution in [2.75, 3.05) is 24.5 Å². The number of aliphatic imine (C=N–C) groups is 1. The Labute approximate surface area is 183 Å². The number of aromatic amines is 1. The number of ether oxygens (including phenoxy) is 1. The third-order valence-corrected chi connectivity index (χ3v) is 6.65. The number of aromatic nitrogens is 1. The molecule has 7 nitrogen and oxygen atoms in total. The molecular formula is C24H29N5O2. The van der Waals surface area contributed by atoms with Gasteiger partial charge in [-0.1, -0.05) is 43.7 Å². The first-order valence-corrected chi connectivity index (χ1v) is 11.1. The minimum absolute atomic E-state index is 0.0971. The van der Waals surface area contributed by atoms with E-state index < -0.39 is 0 Å². The van der Waals surface area contributed by atoms with Gasteiger partial charge in [0.05, 0.1) is 11.9 Å². The first kappa shape index (κ1) is 19.7. The normalized spacial score (nSPS) is 24.3. The second-order valence-electron chi connectivity index (χ2n) is 8.38. The van der Waals surface area contributed by atoms with Crippen LogP contribution in [0.5, 0.6) is 0 Å². The van der Waals surface area contributed by atoms with Crippen LogP contribution in [0.25, 0.3) is 0 Å². The summed E-state index contributed by atoms with van der Waals surface area (Å²) in [5.41, 5.74) is 3.38. The SMILES string of the molecule is CC[C@@H]1CN(C(=O)OCc2ccccc2)C[C@@H]1C1=CN(CC)C2C=Nc3[nH]ccc3N12. The molecule has 7 heteroatoms. The molecule has 162 valence electrons. The molecule has 1 aromatic heterocycles. The van der Waals surface area contributed by atoms with Gasteiger partial charge in [0.1, 0.15) is 12.8 Å². The molecule has 1 aromatic carbocycles. The molecule has 1 saturated heterocycles. The number of hydrogen-bond donors (Lipinski definition) is 1. The third kappa shape index (κ3) is 3.48. The number of anilines is 1. The van der Waals surface area contributed by atoms with Crippen molar-refractivity contribution in [2.45, 2.75) is 33.0 Å². The molecule has 0 bridgehead atoms. The Morgan fingerprint density at radius 3 is 2.81 bits per heavy atom. The highest BCUT2D eigenvalue weighted by Crippen LogP contribution is 2.44. The molecule has 1 unspecified atom stereocenters. The van der Waals surface area contributed by atoms with Gasteiger partial charge in [-0.15, -0.1) is 0 Å². The molecule has 0 aliphatic carbocycles. The van der Waals surface area contributed by atoms with Crippen LogP contribution in [0.2, 0.25) is 0 Å². The van der Waals surface area contributed by atoms with Gasteiger partial charge in [0, 0.05) is 43.6 Å². The van der Waals surface area contributed by atoms with Crippen LogP contribution in [0.1, 0.15) is 25.8 Å². The van der Waals surface area contributed by atoms with Gasteiger partial charge in [-0.3, -0.25) is 0 Å². The Bertz CT molecular complexity index is 998. The van der Waals surface area contributed by atoms with E-state index in [1.165, 1.54) is 5.70 Å². The van der Waals surface area contributed by atoms with Crippen LogP contribution in [0.15, 0.2) is 59.5 Å². The van der Waals surface area contributed by atoms with Gasteiger partial charge in [-0.2, -0.15) is 0 Å². The highest BCUT2D eigenvalue weighted by atomic mass is 16.6. The Balaban J connectivity index is 1.34. The van der Waals surface area contributed by atoms with E-state index in [0.29, 0.717) is 19.1 Å². The molecule has 31 heavy (non-hydrogen) atoms. The number of H-pyrrole nitrogens is 1. The van der Waals surface area contributed by atoms with Crippen molar-refractivity contribution in [3.05, 3.63) is 60.1 Å². The van der Waals surface area contributed by atoms with Crippen LogP contribution in [0.4, 0.5) is 16.3 Å². The predicted octanol–water partition coefficient (Wildman–Crippen LogP) is 4.33. The van der Waals surface area contributed by atoms with Gasteiger partial charge in [-0.25, -0.2) is 9.79 Å². The van der Waals surface area contributed by atoms with Gasteiger partial charge in [0.25, 0.3) is 0 Å². The molecule has 1 amide bonds. The molecule has 3 aliphatic heterocycles. The van der Waals surface area contributed by atoms with Crippen LogP contribution >= 0.6 is 0 Å². The number of nitrogens with zero attached hydrogens (tertiary/aromatic N) is 4. The average molecular weight is 420 g/mol. The lowest BCUT2D eigenvalue weighted by Crippen LogP contribution is -2.43. The molecular weight excluding hydrogens is 390 g/mol. The van der Waals surface area contributed by atoms with E-state index in [2.05, 4.69) is 45.9 Å². The minimum atomic E-state index is -0.227. The van der Waals surface area contributed by atoms with Crippen molar-refractivity contribution in [1.29, 1.82) is 0 Å². The number of hydrogen-bond acceptors (Lipinski definition) is 5. The first-order valence-electron chi connectivity index (χ1n) is 11.1. The van der Waals surface area contributed by atoms with Crippen molar-refractivity contribution in [1.82, 2.24) is 14.8 Å². The summed E-state index contributed by atoms with van der Waals surface area (Å²) in [5.74, 6) is 1.56. The summed E-state index contributed by atoms with van der Waals surface area (Å²) >= 11 is 0. The average Bonchev–Trinajstić information content (AvgIpc) is 3.53. The maximum absolute atomic E-state index is 12.8. The summed E-state index contributed by atoms with van der Waals surface area (Å²) in [7, 11) is 0. The summed E-state index contributed by atoms with van der Waals surface area (Å²) in [5, 5.41) is 0. The van der Waals surface area contributed by atoms with E-state index >= 15 is 0 Å². The second-order valence-corrected chi connectivity index (χ2v) is 8.38. The van der Waals surface area contributed by atoms with Crippen LogP contribution in [-0.4, -0.2) is 52.9 Å². The highest BCUT2D eigenvalue weighted by Gasteiger charge is 2.44. The molecule has 3 atom stereocenters. The maximum atomic E-state index is 12.8. The van der Waals surface area contributed by atoms with E-state index in [1.54, 1.807) is 0 Å². The van der Waals surface area contributed by atoms with E-state index in [-0.39, 0.29) is 18.2 Å². The second kappa shape index (κ2) is 8.13. The molecule has 3 aliphatic rings. The van der Waals surface area contributed by atoms with E-state index in [4.69, 9.17) is 4.74 Å². The monoisotopic (exact) mass is 419 g/mol. The first-order chi connectivity index (χ1) is 15.2. The number of rotatable bonds is 5. The molecule has 0 saturated carbocycles. The van der Waals surface area contributed by atoms with Gasteiger partial charge >= 0.3 is 6.09 Å². The summed E-state index contributed by atoms with van der Waals surface area (Å²) < 4.78 is 5.63. The number of amides is 1. The molecule has 2 aromatic rings. The van der Waals surface area contributed by atoms with Crippen molar-refractivity contribution >= 4 is 23.8 Å². The summed E-state index contributed by atoms with van der Waals surface area (Å²) in [6.07, 6.45) is 7.10. The molecule has 0 radical (unpaired) electrons. The van der Waals surface area contributed by atoms with E-state index in [9.17, 15) is 4.79 Å². The number of likely N-dealkylation sites (tertiary alicyclic amines) is 1. The Kier molecular flexibility index (Phi) is 5.18. The zero-order valence-electron chi connectivity index (χ0n) is 18.1. The van der Waals surface area contributed by atoms with Crippen LogP contribution < -0.4 is 4.90 Å². The lowest BCUT2D eigenvalue weighted by molar-refractivity contribution is 0.102. The predicted molar refractivity (Wildman–Crippen MR) is 121 cm³/mol. The van der Waals surface area contributed by atoms with Gasteiger partial charge in [-0.05, 0) is 24.5 Å². The Morgan fingerprint density at radius 2 is 2.03 bits per heavy atom. The summed E-state index contributed by atoms with van der Waals surface area (Å²) in [4.78, 5) is 27.3. The van der Waals surface area contributed by atoms with Crippen molar-refractivity contribution in [3.8, 4) is 0 Å². The smallest absolute Gasteiger partial charge is 0.410 e. The van der Waals surface area contributed by atoms with Crippen molar-refractivity contribution in [2.24, 2.45) is 16.8 Å². The molecule has 4 heterocycles. The fourth-order valence-electron chi connectivity index (χ4n) is 4.97. The maximum Gasteiger partial charge on any atom is 0.410 e. The summed E-state index contributed by atoms with van der Waals surface area (Å²) in [6.45, 7) is 6.99. The number of carbonyl (C=O) groups excluding carboxylic acids is 1. The fraction of sp³-hybridized carbons (Fsp3) is 0.417. The zero-order chi connectivity index (χ0) is 21.4. The lowest BCUT2D eigenvalue weighted by atomic mass is 9.90.